The minimum atomic E-state index is -0.260. The van der Waals surface area contributed by atoms with E-state index >= 15 is 0 Å². The molecule has 2 atom stereocenters. The SMILES string of the molecule is COc1cc2c(cc1OC)[C@H](N=[N+]=[N-])C[C@H]2c1ccc(Cl)c(Cl)c1. The lowest BCUT2D eigenvalue weighted by Gasteiger charge is -2.15. The maximum Gasteiger partial charge on any atom is 0.161 e. The third-order valence-corrected chi connectivity index (χ3v) is 5.06. The molecule has 3 rings (SSSR count). The van der Waals surface area contributed by atoms with Crippen molar-refractivity contribution in [2.24, 2.45) is 5.11 Å². The number of hydrogen-bond acceptors (Lipinski definition) is 3. The van der Waals surface area contributed by atoms with E-state index in [2.05, 4.69) is 10.0 Å². The summed E-state index contributed by atoms with van der Waals surface area (Å²) in [5.74, 6) is 1.30. The number of nitrogens with zero attached hydrogens (tertiary/aromatic N) is 3. The average Bonchev–Trinajstić information content (AvgIpc) is 2.94. The number of fused-ring (bicyclic) bond motifs is 1. The van der Waals surface area contributed by atoms with E-state index in [9.17, 15) is 0 Å². The maximum absolute atomic E-state index is 8.88. The molecule has 24 heavy (non-hydrogen) atoms. The van der Waals surface area contributed by atoms with Gasteiger partial charge < -0.3 is 9.47 Å². The monoisotopic (exact) mass is 363 g/mol. The molecule has 0 bridgehead atoms. The van der Waals surface area contributed by atoms with E-state index in [1.54, 1.807) is 20.3 Å². The molecule has 0 saturated carbocycles. The molecule has 2 aromatic rings. The first-order valence-electron chi connectivity index (χ1n) is 7.34. The minimum absolute atomic E-state index is 0.0464. The molecule has 0 saturated heterocycles. The summed E-state index contributed by atoms with van der Waals surface area (Å²) in [4.78, 5) is 2.98. The first-order valence-corrected chi connectivity index (χ1v) is 8.09. The van der Waals surface area contributed by atoms with Crippen LogP contribution < -0.4 is 9.47 Å². The zero-order valence-electron chi connectivity index (χ0n) is 13.2. The van der Waals surface area contributed by atoms with Crippen molar-refractivity contribution in [1.29, 1.82) is 0 Å². The molecule has 0 fully saturated rings. The Morgan fingerprint density at radius 3 is 2.29 bits per heavy atom. The molecule has 124 valence electrons. The lowest BCUT2D eigenvalue weighted by molar-refractivity contribution is 0.354. The van der Waals surface area contributed by atoms with Gasteiger partial charge in [-0.15, -0.1) is 0 Å². The van der Waals surface area contributed by atoms with Crippen LogP contribution in [-0.4, -0.2) is 14.2 Å². The standard InChI is InChI=1S/C17H15Cl2N3O2/c1-23-16-7-11-10(9-3-4-13(18)14(19)5-9)6-15(21-22-20)12(11)8-17(16)24-2/h3-5,7-8,10,15H,6H2,1-2H3/t10-,15+/m0/s1. The topological polar surface area (TPSA) is 67.2 Å². The lowest BCUT2D eigenvalue weighted by atomic mass is 9.93. The molecule has 0 amide bonds. The van der Waals surface area contributed by atoms with Crippen molar-refractivity contribution >= 4 is 23.2 Å². The molecule has 0 aliphatic heterocycles. The Hall–Kier alpha value is -2.07. The van der Waals surface area contributed by atoms with Gasteiger partial charge >= 0.3 is 0 Å². The Bertz CT molecular complexity index is 835. The maximum atomic E-state index is 8.88. The van der Waals surface area contributed by atoms with Crippen LogP contribution in [0.5, 0.6) is 11.5 Å². The molecular weight excluding hydrogens is 349 g/mol. The summed E-state index contributed by atoms with van der Waals surface area (Å²) in [6.45, 7) is 0. The lowest BCUT2D eigenvalue weighted by Crippen LogP contribution is -1.98. The fourth-order valence-corrected chi connectivity index (χ4v) is 3.50. The number of halogens is 2. The second kappa shape index (κ2) is 6.81. The summed E-state index contributed by atoms with van der Waals surface area (Å²) in [7, 11) is 3.18. The normalized spacial score (nSPS) is 18.7. The second-order valence-electron chi connectivity index (χ2n) is 5.52. The van der Waals surface area contributed by atoms with Gasteiger partial charge in [-0.3, -0.25) is 0 Å². The predicted molar refractivity (Wildman–Crippen MR) is 94.4 cm³/mol. The van der Waals surface area contributed by atoms with Crippen LogP contribution in [0.2, 0.25) is 10.0 Å². The molecule has 0 N–H and O–H groups in total. The quantitative estimate of drug-likeness (QED) is 0.385. The average molecular weight is 364 g/mol. The number of rotatable bonds is 4. The summed E-state index contributed by atoms with van der Waals surface area (Å²) in [5.41, 5.74) is 11.9. The van der Waals surface area contributed by atoms with E-state index in [0.29, 0.717) is 28.0 Å². The summed E-state index contributed by atoms with van der Waals surface area (Å²) >= 11 is 12.2. The highest BCUT2D eigenvalue weighted by Crippen LogP contribution is 2.50. The zero-order valence-corrected chi connectivity index (χ0v) is 14.7. The number of azide groups is 1. The molecular formula is C17H15Cl2N3O2. The zero-order chi connectivity index (χ0) is 17.3. The van der Waals surface area contributed by atoms with Crippen LogP contribution in [-0.2, 0) is 0 Å². The third kappa shape index (κ3) is 2.86. The van der Waals surface area contributed by atoms with Crippen molar-refractivity contribution in [3.63, 3.8) is 0 Å². The fraction of sp³-hybridized carbons (Fsp3) is 0.294. The Morgan fingerprint density at radius 2 is 1.71 bits per heavy atom. The summed E-state index contributed by atoms with van der Waals surface area (Å²) in [5, 5.41) is 4.95. The highest BCUT2D eigenvalue weighted by atomic mass is 35.5. The van der Waals surface area contributed by atoms with E-state index in [1.807, 2.05) is 24.3 Å². The van der Waals surface area contributed by atoms with Crippen molar-refractivity contribution in [2.75, 3.05) is 14.2 Å². The minimum Gasteiger partial charge on any atom is -0.493 e. The van der Waals surface area contributed by atoms with E-state index in [-0.39, 0.29) is 12.0 Å². The molecule has 1 aliphatic rings. The van der Waals surface area contributed by atoms with Gasteiger partial charge in [-0.1, -0.05) is 34.4 Å². The number of methoxy groups -OCH3 is 2. The Kier molecular flexibility index (Phi) is 4.76. The summed E-state index contributed by atoms with van der Waals surface area (Å²) in [6, 6.07) is 9.13. The Morgan fingerprint density at radius 1 is 1.04 bits per heavy atom. The van der Waals surface area contributed by atoms with Crippen LogP contribution in [0.3, 0.4) is 0 Å². The van der Waals surface area contributed by atoms with Gasteiger partial charge in [0.15, 0.2) is 11.5 Å². The van der Waals surface area contributed by atoms with Gasteiger partial charge in [0, 0.05) is 10.8 Å². The van der Waals surface area contributed by atoms with Crippen LogP contribution in [0.15, 0.2) is 35.4 Å². The highest BCUT2D eigenvalue weighted by molar-refractivity contribution is 6.42. The van der Waals surface area contributed by atoms with Crippen LogP contribution in [0.4, 0.5) is 0 Å². The fourth-order valence-electron chi connectivity index (χ4n) is 3.19. The summed E-state index contributed by atoms with van der Waals surface area (Å²) in [6.07, 6.45) is 0.660. The first-order chi connectivity index (χ1) is 11.6. The van der Waals surface area contributed by atoms with Crippen molar-refractivity contribution in [2.45, 2.75) is 18.4 Å². The van der Waals surface area contributed by atoms with Crippen LogP contribution in [0, 0.1) is 0 Å². The number of ether oxygens (including phenoxy) is 2. The van der Waals surface area contributed by atoms with Crippen molar-refractivity contribution in [3.8, 4) is 11.5 Å². The van der Waals surface area contributed by atoms with Gasteiger partial charge in [0.1, 0.15) is 0 Å². The first kappa shape index (κ1) is 16.8. The molecule has 7 heteroatoms. The van der Waals surface area contributed by atoms with Gasteiger partial charge in [-0.05, 0) is 52.9 Å². The van der Waals surface area contributed by atoms with E-state index in [1.165, 1.54) is 0 Å². The smallest absolute Gasteiger partial charge is 0.161 e. The van der Waals surface area contributed by atoms with E-state index in [4.69, 9.17) is 38.2 Å². The third-order valence-electron chi connectivity index (χ3n) is 4.32. The molecule has 0 unspecified atom stereocenters. The van der Waals surface area contributed by atoms with Crippen LogP contribution >= 0.6 is 23.2 Å². The molecule has 0 radical (unpaired) electrons. The van der Waals surface area contributed by atoms with Crippen molar-refractivity contribution in [3.05, 3.63) is 67.5 Å². The Labute approximate surface area is 149 Å². The number of hydrogen-bond donors (Lipinski definition) is 0. The van der Waals surface area contributed by atoms with Crippen molar-refractivity contribution < 1.29 is 9.47 Å². The van der Waals surface area contributed by atoms with Crippen molar-refractivity contribution in [1.82, 2.24) is 0 Å². The molecule has 0 spiro atoms. The largest absolute Gasteiger partial charge is 0.493 e. The number of benzene rings is 2. The summed E-state index contributed by atoms with van der Waals surface area (Å²) < 4.78 is 10.8. The van der Waals surface area contributed by atoms with E-state index in [0.717, 1.165) is 16.7 Å². The second-order valence-corrected chi connectivity index (χ2v) is 6.33. The van der Waals surface area contributed by atoms with Gasteiger partial charge in [-0.25, -0.2) is 0 Å². The molecule has 0 aromatic heterocycles. The Balaban J connectivity index is 2.15. The van der Waals surface area contributed by atoms with Gasteiger partial charge in [0.25, 0.3) is 0 Å². The van der Waals surface area contributed by atoms with Gasteiger partial charge in [0.05, 0.1) is 30.3 Å². The van der Waals surface area contributed by atoms with Crippen LogP contribution in [0.25, 0.3) is 10.4 Å². The predicted octanol–water partition coefficient (Wildman–Crippen LogP) is 5.90. The van der Waals surface area contributed by atoms with Gasteiger partial charge in [-0.2, -0.15) is 0 Å². The molecule has 1 aliphatic carbocycles. The van der Waals surface area contributed by atoms with E-state index < -0.39 is 0 Å². The van der Waals surface area contributed by atoms with Crippen LogP contribution in [0.1, 0.15) is 35.1 Å². The molecule has 5 nitrogen and oxygen atoms in total. The highest BCUT2D eigenvalue weighted by Gasteiger charge is 2.33. The van der Waals surface area contributed by atoms with Gasteiger partial charge in [0.2, 0.25) is 0 Å². The molecule has 2 aromatic carbocycles. The molecule has 0 heterocycles.